The number of nitrogens with zero attached hydrogens (tertiary/aromatic N) is 1. The number of allylic oxidation sites excluding steroid dienone is 1. The van der Waals surface area contributed by atoms with Crippen LogP contribution in [0.1, 0.15) is 31.9 Å². The van der Waals surface area contributed by atoms with Gasteiger partial charge in [-0.3, -0.25) is 4.79 Å². The molecule has 6 heteroatoms. The predicted octanol–water partition coefficient (Wildman–Crippen LogP) is 5.01. The maximum Gasteiger partial charge on any atom is 0.241 e. The fourth-order valence-electron chi connectivity index (χ4n) is 6.53. The van der Waals surface area contributed by atoms with Crippen molar-refractivity contribution in [3.63, 3.8) is 0 Å². The summed E-state index contributed by atoms with van der Waals surface area (Å²) in [4.78, 5) is 16.6. The molecule has 1 fully saturated rings. The van der Waals surface area contributed by atoms with Gasteiger partial charge < -0.3 is 9.64 Å². The quantitative estimate of drug-likeness (QED) is 0.376. The van der Waals surface area contributed by atoms with Crippen LogP contribution in [0.4, 0.5) is 0 Å². The molecule has 6 rings (SSSR count). The number of sulfone groups is 1. The van der Waals surface area contributed by atoms with Gasteiger partial charge in [0, 0.05) is 0 Å². The number of carbonyl (C=O) groups excluding carboxylic acids is 1. The number of benzene rings is 3. The fraction of sp³-hybridized carbons (Fsp3) is 0.233. The summed E-state index contributed by atoms with van der Waals surface area (Å²) < 4.78 is 34.1. The predicted molar refractivity (Wildman–Crippen MR) is 138 cm³/mol. The molecule has 0 aromatic heterocycles. The van der Waals surface area contributed by atoms with Crippen LogP contribution in [0.5, 0.6) is 0 Å². The van der Waals surface area contributed by atoms with Crippen molar-refractivity contribution in [2.24, 2.45) is 0 Å². The van der Waals surface area contributed by atoms with Crippen LogP contribution in [0.3, 0.4) is 0 Å². The molecule has 1 saturated heterocycles. The molecule has 3 aliphatic heterocycles. The minimum Gasteiger partial charge on any atom is -0.484 e. The average Bonchev–Trinajstić information content (AvgIpc) is 3.14. The van der Waals surface area contributed by atoms with Gasteiger partial charge in [0.2, 0.25) is 15.7 Å². The monoisotopic (exact) mass is 497 g/mol. The number of rotatable bonds is 4. The Kier molecular flexibility index (Phi) is 4.86. The fourth-order valence-corrected chi connectivity index (χ4v) is 8.36. The maximum atomic E-state index is 14.5. The molecule has 3 aliphatic rings. The standard InChI is InChI=1S/C30H27NO4S/c1-20-19-29(3)27(25(21(2)35-29)36(33,34)24-17-11-6-12-18-24)31-26(20)30(28(31)32,22-13-7-4-8-14-22)23-15-9-5-10-16-23/h4-19,26-27H,1-3H3/t26-,27?,29+/m1/s1. The zero-order chi connectivity index (χ0) is 25.3. The first-order valence-corrected chi connectivity index (χ1v) is 13.5. The van der Waals surface area contributed by atoms with E-state index < -0.39 is 26.9 Å². The molecule has 0 radical (unpaired) electrons. The highest BCUT2D eigenvalue weighted by atomic mass is 32.2. The van der Waals surface area contributed by atoms with Gasteiger partial charge in [-0.1, -0.05) is 78.9 Å². The largest absolute Gasteiger partial charge is 0.484 e. The van der Waals surface area contributed by atoms with E-state index in [1.54, 1.807) is 42.2 Å². The first kappa shape index (κ1) is 22.8. The Morgan fingerprint density at radius 2 is 1.28 bits per heavy atom. The van der Waals surface area contributed by atoms with Crippen molar-refractivity contribution >= 4 is 15.7 Å². The highest BCUT2D eigenvalue weighted by Crippen LogP contribution is 2.58. The molecule has 36 heavy (non-hydrogen) atoms. The highest BCUT2D eigenvalue weighted by molar-refractivity contribution is 7.95. The molecular weight excluding hydrogens is 470 g/mol. The number of hydrogen-bond acceptors (Lipinski definition) is 4. The Morgan fingerprint density at radius 3 is 1.81 bits per heavy atom. The second kappa shape index (κ2) is 7.68. The van der Waals surface area contributed by atoms with Crippen LogP contribution >= 0.6 is 0 Å². The zero-order valence-corrected chi connectivity index (χ0v) is 21.2. The molecule has 0 saturated carbocycles. The van der Waals surface area contributed by atoms with Gasteiger partial charge in [-0.2, -0.15) is 0 Å². The van der Waals surface area contributed by atoms with Crippen molar-refractivity contribution in [3.05, 3.63) is 124 Å². The van der Waals surface area contributed by atoms with Gasteiger partial charge in [0.15, 0.2) is 0 Å². The van der Waals surface area contributed by atoms with Gasteiger partial charge in [-0.05, 0) is 55.7 Å². The van der Waals surface area contributed by atoms with Crippen LogP contribution in [0, 0.1) is 0 Å². The van der Waals surface area contributed by atoms with E-state index in [1.807, 2.05) is 80.6 Å². The highest BCUT2D eigenvalue weighted by Gasteiger charge is 2.71. The molecule has 3 aromatic carbocycles. The van der Waals surface area contributed by atoms with Crippen molar-refractivity contribution in [2.45, 2.75) is 48.8 Å². The SMILES string of the molecule is CC1=C[C@]2(C)OC(C)=C(S(=O)(=O)c3ccccc3)C2N2C(=O)C(c3ccccc3)(c3ccccc3)[C@@H]12. The zero-order valence-electron chi connectivity index (χ0n) is 20.4. The molecular formula is C30H27NO4S. The Bertz CT molecular complexity index is 1490. The summed E-state index contributed by atoms with van der Waals surface area (Å²) in [5.41, 5.74) is 0.851. The summed E-state index contributed by atoms with van der Waals surface area (Å²) in [5, 5.41) is 0. The van der Waals surface area contributed by atoms with E-state index in [0.29, 0.717) is 5.76 Å². The van der Waals surface area contributed by atoms with Gasteiger partial charge >= 0.3 is 0 Å². The average molecular weight is 498 g/mol. The van der Waals surface area contributed by atoms with Crippen molar-refractivity contribution in [2.75, 3.05) is 0 Å². The summed E-state index contributed by atoms with van der Waals surface area (Å²) >= 11 is 0. The van der Waals surface area contributed by atoms with E-state index in [1.165, 1.54) is 0 Å². The van der Waals surface area contributed by atoms with Crippen LogP contribution in [0.15, 0.2) is 118 Å². The van der Waals surface area contributed by atoms with E-state index in [0.717, 1.165) is 16.7 Å². The lowest BCUT2D eigenvalue weighted by Gasteiger charge is -2.63. The van der Waals surface area contributed by atoms with Gasteiger partial charge in [-0.25, -0.2) is 8.42 Å². The van der Waals surface area contributed by atoms with E-state index >= 15 is 0 Å². The lowest BCUT2D eigenvalue weighted by Crippen LogP contribution is -2.78. The van der Waals surface area contributed by atoms with Crippen LogP contribution in [-0.2, 0) is 24.8 Å². The lowest BCUT2D eigenvalue weighted by molar-refractivity contribution is -0.165. The molecule has 0 bridgehead atoms. The first-order chi connectivity index (χ1) is 17.2. The van der Waals surface area contributed by atoms with E-state index in [4.69, 9.17) is 4.74 Å². The van der Waals surface area contributed by atoms with Crippen LogP contribution < -0.4 is 0 Å². The molecule has 1 unspecified atom stereocenters. The van der Waals surface area contributed by atoms with Crippen molar-refractivity contribution in [1.29, 1.82) is 0 Å². The number of hydrogen-bond donors (Lipinski definition) is 0. The van der Waals surface area contributed by atoms with E-state index in [9.17, 15) is 13.2 Å². The van der Waals surface area contributed by atoms with Crippen LogP contribution in [0.25, 0.3) is 0 Å². The lowest BCUT2D eigenvalue weighted by atomic mass is 9.57. The normalized spacial score (nSPS) is 26.5. The Labute approximate surface area is 211 Å². The minimum absolute atomic E-state index is 0.118. The van der Waals surface area contributed by atoms with Crippen molar-refractivity contribution in [3.8, 4) is 0 Å². The van der Waals surface area contributed by atoms with Gasteiger partial charge in [-0.15, -0.1) is 0 Å². The molecule has 3 heterocycles. The van der Waals surface area contributed by atoms with Gasteiger partial charge in [0.25, 0.3) is 0 Å². The minimum atomic E-state index is -3.89. The van der Waals surface area contributed by atoms with Gasteiger partial charge in [0.05, 0.1) is 10.9 Å². The molecule has 3 atom stereocenters. The third-order valence-electron chi connectivity index (χ3n) is 7.80. The molecule has 0 aliphatic carbocycles. The Hall–Kier alpha value is -3.64. The molecule has 0 spiro atoms. The number of carbonyl (C=O) groups is 1. The topological polar surface area (TPSA) is 63.7 Å². The molecule has 3 aromatic rings. The summed E-state index contributed by atoms with van der Waals surface area (Å²) in [6, 6.07) is 26.8. The Balaban J connectivity index is 1.56. The second-order valence-corrected chi connectivity index (χ2v) is 11.9. The summed E-state index contributed by atoms with van der Waals surface area (Å²) in [6.07, 6.45) is 2.02. The van der Waals surface area contributed by atoms with E-state index in [2.05, 4.69) is 0 Å². The van der Waals surface area contributed by atoms with Crippen molar-refractivity contribution < 1.29 is 17.9 Å². The van der Waals surface area contributed by atoms with Crippen LogP contribution in [-0.4, -0.2) is 36.9 Å². The Morgan fingerprint density at radius 1 is 0.778 bits per heavy atom. The second-order valence-electron chi connectivity index (χ2n) is 9.97. The third kappa shape index (κ3) is 2.82. The van der Waals surface area contributed by atoms with E-state index in [-0.39, 0.29) is 21.7 Å². The molecule has 5 nitrogen and oxygen atoms in total. The number of fused-ring (bicyclic) bond motifs is 3. The maximum absolute atomic E-state index is 14.5. The number of β-lactam (4-membered cyclic amide) rings is 1. The summed E-state index contributed by atoms with van der Waals surface area (Å²) in [5.74, 6) is 0.216. The summed E-state index contributed by atoms with van der Waals surface area (Å²) in [7, 11) is -3.89. The smallest absolute Gasteiger partial charge is 0.241 e. The van der Waals surface area contributed by atoms with Crippen LogP contribution in [0.2, 0.25) is 0 Å². The number of ether oxygens (including phenoxy) is 1. The third-order valence-corrected chi connectivity index (χ3v) is 9.78. The summed E-state index contributed by atoms with van der Waals surface area (Å²) in [6.45, 7) is 5.56. The molecule has 1 amide bonds. The van der Waals surface area contributed by atoms with Crippen molar-refractivity contribution in [1.82, 2.24) is 4.90 Å². The first-order valence-electron chi connectivity index (χ1n) is 12.1. The number of amides is 1. The van der Waals surface area contributed by atoms with Gasteiger partial charge in [0.1, 0.15) is 27.7 Å². The molecule has 0 N–H and O–H groups in total. The molecule has 182 valence electrons.